The van der Waals surface area contributed by atoms with Gasteiger partial charge in [0.2, 0.25) is 0 Å². The van der Waals surface area contributed by atoms with Crippen LogP contribution in [0.2, 0.25) is 0 Å². The highest BCUT2D eigenvalue weighted by molar-refractivity contribution is 6.08. The van der Waals surface area contributed by atoms with Crippen LogP contribution in [0.3, 0.4) is 0 Å². The summed E-state index contributed by atoms with van der Waals surface area (Å²) >= 11 is 0. The Kier molecular flexibility index (Phi) is 9.41. The number of rotatable bonds is 8. The molecule has 0 N–H and O–H groups in total. The van der Waals surface area contributed by atoms with Crippen molar-refractivity contribution in [3.63, 3.8) is 0 Å². The fourth-order valence-electron chi connectivity index (χ4n) is 12.6. The van der Waals surface area contributed by atoms with E-state index in [0.29, 0.717) is 0 Å². The Bertz CT molecular complexity index is 3710. The summed E-state index contributed by atoms with van der Waals surface area (Å²) in [5.74, 6) is 0. The molecule has 0 aliphatic heterocycles. The highest BCUT2D eigenvalue weighted by Crippen LogP contribution is 2.59. The molecular weight excluding hydrogens is 855 g/mol. The monoisotopic (exact) mass is 901 g/mol. The third kappa shape index (κ3) is 6.13. The van der Waals surface area contributed by atoms with E-state index in [2.05, 4.69) is 290 Å². The molecule has 1 nitrogen and oxygen atoms in total. The van der Waals surface area contributed by atoms with Crippen LogP contribution < -0.4 is 4.90 Å². The van der Waals surface area contributed by atoms with Gasteiger partial charge in [-0.2, -0.15) is 0 Å². The molecule has 332 valence electrons. The van der Waals surface area contributed by atoms with Gasteiger partial charge in [-0.1, -0.05) is 243 Å². The molecule has 0 saturated carbocycles. The lowest BCUT2D eigenvalue weighted by molar-refractivity contribution is 0.767. The predicted octanol–water partition coefficient (Wildman–Crippen LogP) is 17.9. The summed E-state index contributed by atoms with van der Waals surface area (Å²) in [5.41, 5.74) is 19.8. The number of hydrogen-bond acceptors (Lipinski definition) is 1. The molecule has 0 unspecified atom stereocenters. The molecule has 0 heterocycles. The molecule has 0 atom stereocenters. The van der Waals surface area contributed by atoms with Crippen molar-refractivity contribution in [2.75, 3.05) is 4.90 Å². The largest absolute Gasteiger partial charge is 0.310 e. The van der Waals surface area contributed by atoms with Crippen molar-refractivity contribution in [3.8, 4) is 33.4 Å². The van der Waals surface area contributed by atoms with Gasteiger partial charge in [0.25, 0.3) is 0 Å². The van der Waals surface area contributed by atoms with Gasteiger partial charge in [0.15, 0.2) is 0 Å². The van der Waals surface area contributed by atoms with Gasteiger partial charge >= 0.3 is 0 Å². The summed E-state index contributed by atoms with van der Waals surface area (Å²) in [6.07, 6.45) is 0. The first kappa shape index (κ1) is 41.0. The molecule has 2 aliphatic rings. The van der Waals surface area contributed by atoms with Crippen LogP contribution in [0.1, 0.15) is 44.5 Å². The Labute approximate surface area is 415 Å². The smallest absolute Gasteiger partial charge is 0.0714 e. The number of anilines is 3. The summed E-state index contributed by atoms with van der Waals surface area (Å²) in [6.45, 7) is 0. The van der Waals surface area contributed by atoms with Crippen LogP contribution in [0.5, 0.6) is 0 Å². The minimum Gasteiger partial charge on any atom is -0.310 e. The number of nitrogens with zero attached hydrogens (tertiary/aromatic N) is 1. The molecule has 0 saturated heterocycles. The lowest BCUT2D eigenvalue weighted by atomic mass is 9.67. The van der Waals surface area contributed by atoms with Crippen LogP contribution in [0.25, 0.3) is 54.9 Å². The topological polar surface area (TPSA) is 3.24 Å². The van der Waals surface area contributed by atoms with Gasteiger partial charge in [-0.15, -0.1) is 0 Å². The zero-order valence-electron chi connectivity index (χ0n) is 39.1. The molecule has 12 aromatic carbocycles. The minimum absolute atomic E-state index is 0.545. The maximum Gasteiger partial charge on any atom is 0.0714 e. The van der Waals surface area contributed by atoms with E-state index in [-0.39, 0.29) is 0 Å². The predicted molar refractivity (Wildman–Crippen MR) is 296 cm³/mol. The fraction of sp³-hybridized carbons (Fsp3) is 0.0286. The number of fused-ring (bicyclic) bond motifs is 9. The van der Waals surface area contributed by atoms with Crippen LogP contribution in [0, 0.1) is 0 Å². The van der Waals surface area contributed by atoms with Crippen molar-refractivity contribution in [3.05, 3.63) is 330 Å². The molecular formula is C70H47N. The van der Waals surface area contributed by atoms with Crippen LogP contribution in [-0.4, -0.2) is 0 Å². The van der Waals surface area contributed by atoms with Crippen molar-refractivity contribution < 1.29 is 0 Å². The van der Waals surface area contributed by atoms with E-state index in [9.17, 15) is 0 Å². The number of benzene rings is 12. The molecule has 1 heteroatoms. The maximum absolute atomic E-state index is 2.49. The summed E-state index contributed by atoms with van der Waals surface area (Å²) in [5, 5.41) is 5.06. The summed E-state index contributed by atoms with van der Waals surface area (Å²) < 4.78 is 0. The zero-order valence-corrected chi connectivity index (χ0v) is 39.1. The first-order valence-electron chi connectivity index (χ1n) is 24.7. The van der Waals surface area contributed by atoms with Gasteiger partial charge in [-0.05, 0) is 142 Å². The summed E-state index contributed by atoms with van der Waals surface area (Å²) in [4.78, 5) is 2.49. The van der Waals surface area contributed by atoms with E-state index in [1.54, 1.807) is 0 Å². The van der Waals surface area contributed by atoms with Gasteiger partial charge < -0.3 is 4.90 Å². The summed E-state index contributed by atoms with van der Waals surface area (Å²) in [6, 6.07) is 106. The molecule has 0 bridgehead atoms. The Morgan fingerprint density at radius 2 is 0.606 bits per heavy atom. The maximum atomic E-state index is 2.49. The van der Waals surface area contributed by atoms with Crippen LogP contribution in [-0.2, 0) is 10.8 Å². The van der Waals surface area contributed by atoms with Crippen molar-refractivity contribution in [1.29, 1.82) is 0 Å². The Balaban J connectivity index is 1.00. The lowest BCUT2D eigenvalue weighted by Gasteiger charge is -2.36. The van der Waals surface area contributed by atoms with Gasteiger partial charge in [0, 0.05) is 17.1 Å². The van der Waals surface area contributed by atoms with Gasteiger partial charge in [0.1, 0.15) is 0 Å². The van der Waals surface area contributed by atoms with E-state index in [1.165, 1.54) is 99.4 Å². The molecule has 0 fully saturated rings. The quantitative estimate of drug-likeness (QED) is 0.137. The average molecular weight is 902 g/mol. The molecule has 71 heavy (non-hydrogen) atoms. The Hall–Kier alpha value is -9.04. The SMILES string of the molecule is c1ccc(C2(c3ccccc3)c3ccccc3-c3ccc(N(c4ccc(-c5ccc6c(ccc7ccccc76)c5)cc4)c4ccc5c(c4)C(c4ccccc4)(c4ccccc4)c4ccccc4-5)cc32)cc1. The Morgan fingerprint density at radius 1 is 0.225 bits per heavy atom. The molecule has 12 aromatic rings. The zero-order chi connectivity index (χ0) is 46.9. The van der Waals surface area contributed by atoms with E-state index >= 15 is 0 Å². The van der Waals surface area contributed by atoms with E-state index < -0.39 is 10.8 Å². The average Bonchev–Trinajstić information content (AvgIpc) is 3.92. The fourth-order valence-corrected chi connectivity index (χ4v) is 12.6. The van der Waals surface area contributed by atoms with Gasteiger partial charge in [-0.25, -0.2) is 0 Å². The molecule has 0 aromatic heterocycles. The first-order valence-corrected chi connectivity index (χ1v) is 24.7. The van der Waals surface area contributed by atoms with Crippen LogP contribution in [0.15, 0.2) is 285 Å². The van der Waals surface area contributed by atoms with Crippen molar-refractivity contribution in [1.82, 2.24) is 0 Å². The highest BCUT2D eigenvalue weighted by atomic mass is 15.1. The third-order valence-electron chi connectivity index (χ3n) is 15.6. The minimum atomic E-state index is -0.545. The second kappa shape index (κ2) is 16.3. The van der Waals surface area contributed by atoms with Crippen molar-refractivity contribution in [2.45, 2.75) is 10.8 Å². The first-order chi connectivity index (χ1) is 35.2. The summed E-state index contributed by atoms with van der Waals surface area (Å²) in [7, 11) is 0. The van der Waals surface area contributed by atoms with E-state index in [1.807, 2.05) is 0 Å². The van der Waals surface area contributed by atoms with Gasteiger partial charge in [-0.3, -0.25) is 0 Å². The third-order valence-corrected chi connectivity index (χ3v) is 15.6. The number of hydrogen-bond donors (Lipinski definition) is 0. The standard InChI is InChI=1S/C70H47N/c1-5-20-52(21-6-1)69(53-22-7-2-8-23-53)65-31-17-15-29-61(65)63-43-40-57(46-67(63)69)71(56-38-35-48(36-39-56)50-37-42-60-51(45-50)34-33-49-19-13-14-28-59(49)60)58-41-44-64-62-30-16-18-32-66(62)70(68(64)47-58,54-24-9-3-10-25-54)55-26-11-4-12-27-55/h1-47H. The molecule has 0 radical (unpaired) electrons. The normalized spacial score (nSPS) is 13.6. The molecule has 0 spiro atoms. The second-order valence-electron chi connectivity index (χ2n) is 19.1. The van der Waals surface area contributed by atoms with Gasteiger partial charge in [0.05, 0.1) is 10.8 Å². The van der Waals surface area contributed by atoms with Crippen molar-refractivity contribution >= 4 is 38.6 Å². The lowest BCUT2D eigenvalue weighted by Crippen LogP contribution is -2.29. The molecule has 2 aliphatic carbocycles. The highest BCUT2D eigenvalue weighted by Gasteiger charge is 2.48. The van der Waals surface area contributed by atoms with Crippen LogP contribution >= 0.6 is 0 Å². The Morgan fingerprint density at radius 3 is 1.11 bits per heavy atom. The van der Waals surface area contributed by atoms with E-state index in [4.69, 9.17) is 0 Å². The van der Waals surface area contributed by atoms with E-state index in [0.717, 1.165) is 17.1 Å². The molecule has 0 amide bonds. The van der Waals surface area contributed by atoms with Crippen molar-refractivity contribution in [2.24, 2.45) is 0 Å². The van der Waals surface area contributed by atoms with Crippen LogP contribution in [0.4, 0.5) is 17.1 Å². The second-order valence-corrected chi connectivity index (χ2v) is 19.1. The molecule has 14 rings (SSSR count).